The number of aliphatic hydroxyl groups is 2. The Bertz CT molecular complexity index is 2440. The Morgan fingerprint density at radius 1 is 0.841 bits per heavy atom. The Morgan fingerprint density at radius 3 is 2.29 bits per heavy atom. The molecule has 9 nitrogen and oxygen atoms in total. The summed E-state index contributed by atoms with van der Waals surface area (Å²) in [4.78, 5) is 46.1. The number of hydrogen-bond donors (Lipinski definition) is 2. The molecule has 9 heteroatoms. The number of amides is 1. The predicted octanol–water partition coefficient (Wildman–Crippen LogP) is 9.79. The van der Waals surface area contributed by atoms with Gasteiger partial charge in [0.1, 0.15) is 11.5 Å². The second-order valence-corrected chi connectivity index (χ2v) is 19.7. The van der Waals surface area contributed by atoms with E-state index in [4.69, 9.17) is 14.2 Å². The van der Waals surface area contributed by atoms with Crippen molar-refractivity contribution in [1.82, 2.24) is 4.90 Å². The second-order valence-electron chi connectivity index (χ2n) is 19.7. The molecule has 6 unspecified atom stereocenters. The highest BCUT2D eigenvalue weighted by atomic mass is 16.6. The van der Waals surface area contributed by atoms with Crippen LogP contribution in [0.5, 0.6) is 11.5 Å². The molecule has 1 aliphatic heterocycles. The highest BCUT2D eigenvalue weighted by Gasteiger charge is 2.76. The van der Waals surface area contributed by atoms with Crippen molar-refractivity contribution < 1.29 is 38.8 Å². The molecule has 4 aliphatic carbocycles. The van der Waals surface area contributed by atoms with Gasteiger partial charge in [-0.2, -0.15) is 0 Å². The molecule has 1 saturated heterocycles. The molecule has 1 heterocycles. The van der Waals surface area contributed by atoms with Crippen LogP contribution in [0.25, 0.3) is 11.1 Å². The van der Waals surface area contributed by atoms with E-state index in [2.05, 4.69) is 19.9 Å². The van der Waals surface area contributed by atoms with Crippen LogP contribution < -0.4 is 9.47 Å². The molecule has 332 valence electrons. The van der Waals surface area contributed by atoms with Gasteiger partial charge in [-0.25, -0.2) is 0 Å². The van der Waals surface area contributed by atoms with Crippen molar-refractivity contribution in [3.05, 3.63) is 130 Å². The van der Waals surface area contributed by atoms with Crippen molar-refractivity contribution in [3.63, 3.8) is 0 Å². The molecule has 0 aromatic heterocycles. The molecular weight excluding hydrogens is 791 g/mol. The fraction of sp³-hybridized carbons (Fsp3) is 0.463. The van der Waals surface area contributed by atoms with Crippen molar-refractivity contribution in [2.45, 2.75) is 122 Å². The molecule has 3 fully saturated rings. The first kappa shape index (κ1) is 44.4. The number of rotatable bonds is 10. The number of aliphatic hydroxyl groups excluding tert-OH is 1. The third kappa shape index (κ3) is 7.39. The standard InChI is InChI=1S/C54H63NO8/c1-35-14-13-26-51(4)45(42-24-20-36(30-39(56)22-19-35)31-44(42)47(57)43-18-12-11-17-41(43)37-15-9-8-10-16-37)25-27-53(51,60)34-55(33-38-21-23-40(61-6)32-46(38)62-7)48(58)54-29-28-52(5,49(59)63-54)50(54,2)3/h8-12,14-18,20-21,23-24,31-32,39,45,56,60H,13,19,22,25-30,33-34H2,1-7H3. The van der Waals surface area contributed by atoms with Crippen molar-refractivity contribution in [3.8, 4) is 22.6 Å². The first-order chi connectivity index (χ1) is 30.0. The fourth-order valence-corrected chi connectivity index (χ4v) is 11.6. The van der Waals surface area contributed by atoms with E-state index in [1.807, 2.05) is 106 Å². The van der Waals surface area contributed by atoms with Crippen LogP contribution in [0.1, 0.15) is 125 Å². The largest absolute Gasteiger partial charge is 0.497 e. The summed E-state index contributed by atoms with van der Waals surface area (Å²) in [7, 11) is 3.17. The van der Waals surface area contributed by atoms with E-state index in [1.54, 1.807) is 25.2 Å². The lowest BCUT2D eigenvalue weighted by molar-refractivity contribution is -0.178. The number of carbonyl (C=O) groups excluding carboxylic acids is 3. The minimum absolute atomic E-state index is 0.0345. The number of allylic oxidation sites excluding steroid dienone is 2. The monoisotopic (exact) mass is 853 g/mol. The molecule has 63 heavy (non-hydrogen) atoms. The highest BCUT2D eigenvalue weighted by molar-refractivity contribution is 6.14. The van der Waals surface area contributed by atoms with E-state index in [0.717, 1.165) is 34.2 Å². The normalized spacial score (nSPS) is 28.7. The molecule has 0 spiro atoms. The average molecular weight is 854 g/mol. The topological polar surface area (TPSA) is 123 Å². The van der Waals surface area contributed by atoms with Gasteiger partial charge in [-0.3, -0.25) is 14.4 Å². The summed E-state index contributed by atoms with van der Waals surface area (Å²) >= 11 is 0. The summed E-state index contributed by atoms with van der Waals surface area (Å²) in [5, 5.41) is 24.8. The number of esters is 1. The molecule has 4 bridgehead atoms. The zero-order valence-corrected chi connectivity index (χ0v) is 38.0. The Labute approximate surface area is 372 Å². The van der Waals surface area contributed by atoms with Gasteiger partial charge < -0.3 is 29.3 Å². The summed E-state index contributed by atoms with van der Waals surface area (Å²) in [6, 6.07) is 29.2. The minimum atomic E-state index is -1.44. The number of methoxy groups -OCH3 is 2. The van der Waals surface area contributed by atoms with E-state index in [1.165, 1.54) is 5.57 Å². The van der Waals surface area contributed by atoms with Gasteiger partial charge in [0.2, 0.25) is 0 Å². The smallest absolute Gasteiger partial charge is 0.313 e. The maximum atomic E-state index is 15.5. The van der Waals surface area contributed by atoms with E-state index in [9.17, 15) is 15.0 Å². The van der Waals surface area contributed by atoms with Gasteiger partial charge in [-0.15, -0.1) is 0 Å². The molecule has 0 radical (unpaired) electrons. The summed E-state index contributed by atoms with van der Waals surface area (Å²) in [5.41, 5.74) is 1.22. The van der Waals surface area contributed by atoms with Crippen LogP contribution in [0.3, 0.4) is 0 Å². The Balaban J connectivity index is 1.25. The number of ketones is 1. The third-order valence-electron chi connectivity index (χ3n) is 16.2. The van der Waals surface area contributed by atoms with Crippen molar-refractivity contribution >= 4 is 17.7 Å². The van der Waals surface area contributed by atoms with Crippen LogP contribution in [0.4, 0.5) is 0 Å². The second kappa shape index (κ2) is 16.7. The van der Waals surface area contributed by atoms with Crippen LogP contribution in [0.15, 0.2) is 103 Å². The van der Waals surface area contributed by atoms with E-state index in [-0.39, 0.29) is 36.7 Å². The lowest BCUT2D eigenvalue weighted by atomic mass is 9.64. The maximum absolute atomic E-state index is 15.5. The molecule has 4 aromatic carbocycles. The lowest BCUT2D eigenvalue weighted by Gasteiger charge is -2.47. The van der Waals surface area contributed by atoms with Gasteiger partial charge >= 0.3 is 5.97 Å². The zero-order chi connectivity index (χ0) is 45.0. The van der Waals surface area contributed by atoms with Crippen LogP contribution in [0.2, 0.25) is 0 Å². The van der Waals surface area contributed by atoms with Crippen molar-refractivity contribution in [2.75, 3.05) is 20.8 Å². The highest BCUT2D eigenvalue weighted by Crippen LogP contribution is 2.66. The van der Waals surface area contributed by atoms with Crippen molar-refractivity contribution in [1.29, 1.82) is 0 Å². The predicted molar refractivity (Wildman–Crippen MR) is 244 cm³/mol. The third-order valence-corrected chi connectivity index (χ3v) is 16.2. The average Bonchev–Trinajstić information content (AvgIpc) is 3.72. The fourth-order valence-electron chi connectivity index (χ4n) is 11.6. The van der Waals surface area contributed by atoms with E-state index in [0.29, 0.717) is 74.0 Å². The quantitative estimate of drug-likeness (QED) is 0.0919. The van der Waals surface area contributed by atoms with Gasteiger partial charge in [-0.05, 0) is 118 Å². The number of hydrogen-bond acceptors (Lipinski definition) is 8. The van der Waals surface area contributed by atoms with Gasteiger partial charge in [0.15, 0.2) is 11.4 Å². The van der Waals surface area contributed by atoms with Gasteiger partial charge in [0.05, 0.1) is 37.9 Å². The van der Waals surface area contributed by atoms with Gasteiger partial charge in [0.25, 0.3) is 5.91 Å². The molecule has 9 rings (SSSR count). The molecule has 5 aliphatic rings. The molecular formula is C54H63NO8. The molecule has 1 amide bonds. The molecule has 4 aromatic rings. The van der Waals surface area contributed by atoms with E-state index < -0.39 is 33.6 Å². The summed E-state index contributed by atoms with van der Waals surface area (Å²) in [5.74, 6) is 0.0632. The van der Waals surface area contributed by atoms with Crippen LogP contribution >= 0.6 is 0 Å². The maximum Gasteiger partial charge on any atom is 0.313 e. The number of benzene rings is 4. The van der Waals surface area contributed by atoms with Crippen LogP contribution in [0, 0.1) is 16.2 Å². The molecule has 6 atom stereocenters. The SMILES string of the molecule is COc1ccc(CN(CC2(O)CCC3c4ccc(cc4C(=O)c4ccccc4-c4ccccc4)CC(O)CCC(C)=CCCC32C)C(=O)C23CCC(C)(C(=O)O2)C3(C)C)c(OC)c1. The number of fused-ring (bicyclic) bond motifs is 10. The Morgan fingerprint density at radius 2 is 1.59 bits per heavy atom. The number of nitrogens with zero attached hydrogens (tertiary/aromatic N) is 1. The van der Waals surface area contributed by atoms with Gasteiger partial charge in [-0.1, -0.05) is 99.2 Å². The van der Waals surface area contributed by atoms with Crippen molar-refractivity contribution in [2.24, 2.45) is 16.2 Å². The first-order valence-corrected chi connectivity index (χ1v) is 22.6. The van der Waals surface area contributed by atoms with Crippen LogP contribution in [-0.2, 0) is 27.3 Å². The van der Waals surface area contributed by atoms with Crippen LogP contribution in [-0.4, -0.2) is 70.8 Å². The summed E-state index contributed by atoms with van der Waals surface area (Å²) in [6.45, 7) is 10.1. The molecule has 2 saturated carbocycles. The Kier molecular flexibility index (Phi) is 11.8. The van der Waals surface area contributed by atoms with Gasteiger partial charge in [0, 0.05) is 40.1 Å². The zero-order valence-electron chi connectivity index (χ0n) is 38.0. The number of carbonyl (C=O) groups is 3. The summed E-state index contributed by atoms with van der Waals surface area (Å²) < 4.78 is 17.6. The Hall–Kier alpha value is -5.25. The molecule has 2 N–H and O–H groups in total. The number of ether oxygens (including phenoxy) is 3. The van der Waals surface area contributed by atoms with E-state index >= 15 is 9.59 Å². The minimum Gasteiger partial charge on any atom is -0.497 e. The summed E-state index contributed by atoms with van der Waals surface area (Å²) in [6.07, 6.45) is 6.43. The lowest BCUT2D eigenvalue weighted by Crippen LogP contribution is -2.60. The first-order valence-electron chi connectivity index (χ1n) is 22.6.